The number of fused-ring (bicyclic) bond motifs is 1. The number of rotatable bonds is 4. The number of piperidine rings is 1. The molecule has 1 aromatic carbocycles. The van der Waals surface area contributed by atoms with Crippen LogP contribution in [0.15, 0.2) is 47.7 Å². The summed E-state index contributed by atoms with van der Waals surface area (Å²) in [5.41, 5.74) is 2.98. The third kappa shape index (κ3) is 3.60. The minimum absolute atomic E-state index is 0.0732. The van der Waals surface area contributed by atoms with Crippen molar-refractivity contribution in [1.29, 1.82) is 0 Å². The van der Waals surface area contributed by atoms with Crippen molar-refractivity contribution < 1.29 is 0 Å². The van der Waals surface area contributed by atoms with E-state index in [2.05, 4.69) is 25.2 Å². The summed E-state index contributed by atoms with van der Waals surface area (Å²) in [6.45, 7) is 4.55. The van der Waals surface area contributed by atoms with Gasteiger partial charge in [-0.15, -0.1) is 0 Å². The Kier molecular flexibility index (Phi) is 4.67. The topological polar surface area (TPSA) is 73.9 Å². The van der Waals surface area contributed by atoms with Gasteiger partial charge < -0.3 is 15.2 Å². The number of nitrogens with zero attached hydrogens (tertiary/aromatic N) is 3. The minimum atomic E-state index is 0.0732. The molecule has 0 bridgehead atoms. The fourth-order valence-corrected chi connectivity index (χ4v) is 3.57. The number of aromatic amines is 1. The normalized spacial score (nSPS) is 17.6. The molecule has 134 valence electrons. The third-order valence-electron chi connectivity index (χ3n) is 4.92. The molecule has 1 atom stereocenters. The van der Waals surface area contributed by atoms with E-state index in [4.69, 9.17) is 0 Å². The average Bonchev–Trinajstić information content (AvgIpc) is 2.68. The number of aromatic nitrogens is 3. The van der Waals surface area contributed by atoms with E-state index in [1.54, 1.807) is 18.5 Å². The third-order valence-corrected chi connectivity index (χ3v) is 4.92. The Balaban J connectivity index is 1.44. The van der Waals surface area contributed by atoms with Gasteiger partial charge in [0.2, 0.25) is 0 Å². The van der Waals surface area contributed by atoms with Gasteiger partial charge in [0, 0.05) is 60.7 Å². The van der Waals surface area contributed by atoms with Crippen LogP contribution in [-0.4, -0.2) is 34.1 Å². The summed E-state index contributed by atoms with van der Waals surface area (Å²) in [6, 6.07) is 8.01. The fraction of sp³-hybridized carbons (Fsp3) is 0.350. The van der Waals surface area contributed by atoms with Crippen molar-refractivity contribution >= 4 is 16.7 Å². The number of hydrogen-bond acceptors (Lipinski definition) is 5. The second kappa shape index (κ2) is 7.25. The summed E-state index contributed by atoms with van der Waals surface area (Å²) in [6.07, 6.45) is 7.47. The predicted molar refractivity (Wildman–Crippen MR) is 103 cm³/mol. The maximum atomic E-state index is 12.4. The van der Waals surface area contributed by atoms with E-state index in [1.165, 1.54) is 0 Å². The van der Waals surface area contributed by atoms with Crippen LogP contribution >= 0.6 is 0 Å². The Labute approximate surface area is 152 Å². The fourth-order valence-electron chi connectivity index (χ4n) is 3.57. The molecule has 6 nitrogen and oxygen atoms in total. The van der Waals surface area contributed by atoms with Gasteiger partial charge in [-0.3, -0.25) is 9.78 Å². The number of benzene rings is 1. The van der Waals surface area contributed by atoms with Gasteiger partial charge in [-0.05, 0) is 31.9 Å². The number of aryl methyl sites for hydroxylation is 1. The first-order valence-corrected chi connectivity index (χ1v) is 9.06. The molecule has 0 radical (unpaired) electrons. The summed E-state index contributed by atoms with van der Waals surface area (Å²) in [7, 11) is 0. The van der Waals surface area contributed by atoms with Gasteiger partial charge in [-0.1, -0.05) is 11.6 Å². The first kappa shape index (κ1) is 16.7. The van der Waals surface area contributed by atoms with E-state index in [1.807, 2.05) is 31.3 Å². The largest absolute Gasteiger partial charge is 0.357 e. The summed E-state index contributed by atoms with van der Waals surface area (Å²) in [5.74, 6) is 0.925. The van der Waals surface area contributed by atoms with Crippen LogP contribution in [0.2, 0.25) is 0 Å². The summed E-state index contributed by atoms with van der Waals surface area (Å²) >= 11 is 0. The van der Waals surface area contributed by atoms with Crippen LogP contribution < -0.4 is 15.6 Å². The van der Waals surface area contributed by atoms with Crippen LogP contribution in [0.3, 0.4) is 0 Å². The number of H-pyrrole nitrogens is 1. The Morgan fingerprint density at radius 1 is 1.31 bits per heavy atom. The van der Waals surface area contributed by atoms with Crippen molar-refractivity contribution in [2.24, 2.45) is 0 Å². The number of anilines is 1. The second-order valence-electron chi connectivity index (χ2n) is 6.94. The van der Waals surface area contributed by atoms with Gasteiger partial charge in [0.15, 0.2) is 5.43 Å². The molecule has 1 aliphatic rings. The first-order valence-electron chi connectivity index (χ1n) is 9.06. The lowest BCUT2D eigenvalue weighted by Crippen LogP contribution is -2.46. The van der Waals surface area contributed by atoms with Crippen molar-refractivity contribution in [3.63, 3.8) is 0 Å². The van der Waals surface area contributed by atoms with E-state index >= 15 is 0 Å². The van der Waals surface area contributed by atoms with E-state index in [-0.39, 0.29) is 5.43 Å². The smallest absolute Gasteiger partial charge is 0.189 e. The molecule has 1 fully saturated rings. The zero-order valence-corrected chi connectivity index (χ0v) is 14.9. The molecule has 4 rings (SSSR count). The molecule has 2 N–H and O–H groups in total. The average molecular weight is 349 g/mol. The SMILES string of the molecule is Cc1ccc2[nH]c(CNC3CCCN(c4cnccn4)C3)cc(=O)c2c1. The van der Waals surface area contributed by atoms with Crippen molar-refractivity contribution in [2.75, 3.05) is 18.0 Å². The van der Waals surface area contributed by atoms with Crippen molar-refractivity contribution in [3.8, 4) is 0 Å². The lowest BCUT2D eigenvalue weighted by molar-refractivity contribution is 0.418. The van der Waals surface area contributed by atoms with Crippen LogP contribution in [0.1, 0.15) is 24.1 Å². The molecule has 26 heavy (non-hydrogen) atoms. The summed E-state index contributed by atoms with van der Waals surface area (Å²) in [4.78, 5) is 26.6. The molecule has 2 aromatic heterocycles. The first-order chi connectivity index (χ1) is 12.7. The van der Waals surface area contributed by atoms with Gasteiger partial charge in [0.1, 0.15) is 5.82 Å². The predicted octanol–water partition coefficient (Wildman–Crippen LogP) is 2.39. The highest BCUT2D eigenvalue weighted by Crippen LogP contribution is 2.17. The van der Waals surface area contributed by atoms with Gasteiger partial charge in [0.25, 0.3) is 0 Å². The van der Waals surface area contributed by atoms with Crippen LogP contribution in [0.4, 0.5) is 5.82 Å². The van der Waals surface area contributed by atoms with Crippen LogP contribution in [0.25, 0.3) is 10.9 Å². The quantitative estimate of drug-likeness (QED) is 0.756. The maximum Gasteiger partial charge on any atom is 0.189 e. The van der Waals surface area contributed by atoms with Crippen LogP contribution in [0, 0.1) is 6.92 Å². The zero-order chi connectivity index (χ0) is 17.9. The lowest BCUT2D eigenvalue weighted by Gasteiger charge is -2.33. The van der Waals surface area contributed by atoms with E-state index in [9.17, 15) is 4.79 Å². The molecular weight excluding hydrogens is 326 g/mol. The van der Waals surface area contributed by atoms with Gasteiger partial charge in [-0.25, -0.2) is 4.98 Å². The highest BCUT2D eigenvalue weighted by molar-refractivity contribution is 5.79. The molecule has 3 heterocycles. The highest BCUT2D eigenvalue weighted by Gasteiger charge is 2.20. The summed E-state index contributed by atoms with van der Waals surface area (Å²) in [5, 5.41) is 4.33. The minimum Gasteiger partial charge on any atom is -0.357 e. The Morgan fingerprint density at radius 3 is 3.08 bits per heavy atom. The van der Waals surface area contributed by atoms with Crippen LogP contribution in [0.5, 0.6) is 0 Å². The molecule has 0 aliphatic carbocycles. The molecule has 6 heteroatoms. The number of hydrogen-bond donors (Lipinski definition) is 2. The van der Waals surface area contributed by atoms with E-state index < -0.39 is 0 Å². The summed E-state index contributed by atoms with van der Waals surface area (Å²) < 4.78 is 0. The van der Waals surface area contributed by atoms with E-state index in [0.717, 1.165) is 53.9 Å². The lowest BCUT2D eigenvalue weighted by atomic mass is 10.1. The standard InChI is InChI=1S/C20H23N5O/c1-14-4-5-18-17(9-14)19(26)10-16(24-18)11-23-15-3-2-8-25(13-15)20-12-21-6-7-22-20/h4-7,9-10,12,15,23H,2-3,8,11,13H2,1H3,(H,24,26). The molecule has 1 unspecified atom stereocenters. The molecule has 1 aliphatic heterocycles. The maximum absolute atomic E-state index is 12.4. The van der Waals surface area contributed by atoms with Crippen molar-refractivity contribution in [2.45, 2.75) is 32.4 Å². The molecule has 3 aromatic rings. The zero-order valence-electron chi connectivity index (χ0n) is 14.9. The molecule has 0 spiro atoms. The van der Waals surface area contributed by atoms with E-state index in [0.29, 0.717) is 12.6 Å². The van der Waals surface area contributed by atoms with Crippen molar-refractivity contribution in [1.82, 2.24) is 20.3 Å². The Hall–Kier alpha value is -2.73. The van der Waals surface area contributed by atoms with Crippen molar-refractivity contribution in [3.05, 3.63) is 64.3 Å². The van der Waals surface area contributed by atoms with Crippen LogP contribution in [-0.2, 0) is 6.54 Å². The van der Waals surface area contributed by atoms with Gasteiger partial charge in [0.05, 0.1) is 6.20 Å². The van der Waals surface area contributed by atoms with Gasteiger partial charge in [-0.2, -0.15) is 0 Å². The second-order valence-corrected chi connectivity index (χ2v) is 6.94. The highest BCUT2D eigenvalue weighted by atomic mass is 16.1. The Bertz CT molecular complexity index is 953. The molecule has 1 saturated heterocycles. The van der Waals surface area contributed by atoms with Gasteiger partial charge >= 0.3 is 0 Å². The molecule has 0 amide bonds. The number of nitrogens with one attached hydrogen (secondary N) is 2. The Morgan fingerprint density at radius 2 is 2.23 bits per heavy atom. The molecule has 0 saturated carbocycles. The molecular formula is C20H23N5O. The number of pyridine rings is 1. The monoisotopic (exact) mass is 349 g/mol.